The minimum Gasteiger partial charge on any atom is -0.497 e. The Hall–Kier alpha value is -3.22. The number of benzene rings is 2. The summed E-state index contributed by atoms with van der Waals surface area (Å²) in [5.41, 5.74) is 0.909. The number of hydrogen-bond donors (Lipinski definition) is 1. The summed E-state index contributed by atoms with van der Waals surface area (Å²) in [6.45, 7) is 1.99. The molecule has 0 aliphatic heterocycles. The Morgan fingerprint density at radius 3 is 2.22 bits per heavy atom. The predicted molar refractivity (Wildman–Crippen MR) is 98.9 cm³/mol. The fraction of sp³-hybridized carbons (Fsp3) is 0.300. The van der Waals surface area contributed by atoms with Crippen molar-refractivity contribution in [1.82, 2.24) is 5.32 Å². The number of methoxy groups -OCH3 is 1. The first-order valence-electron chi connectivity index (χ1n) is 8.52. The molecule has 0 radical (unpaired) electrons. The molecule has 0 saturated heterocycles. The van der Waals surface area contributed by atoms with Crippen molar-refractivity contribution >= 4 is 11.9 Å². The van der Waals surface area contributed by atoms with Crippen LogP contribution in [0, 0.1) is 0 Å². The third-order valence-corrected chi connectivity index (χ3v) is 3.51. The normalized spacial score (nSPS) is 10.0. The number of ether oxygens (including phenoxy) is 4. The smallest absolute Gasteiger partial charge is 0.344 e. The molecule has 7 heteroatoms. The fourth-order valence-corrected chi connectivity index (χ4v) is 2.16. The number of para-hydroxylation sites is 2. The summed E-state index contributed by atoms with van der Waals surface area (Å²) >= 11 is 0. The highest BCUT2D eigenvalue weighted by molar-refractivity contribution is 5.80. The van der Waals surface area contributed by atoms with Gasteiger partial charge in [0.1, 0.15) is 5.75 Å². The van der Waals surface area contributed by atoms with Crippen molar-refractivity contribution in [2.45, 2.75) is 13.5 Å². The second-order valence-corrected chi connectivity index (χ2v) is 5.45. The average molecular weight is 373 g/mol. The van der Waals surface area contributed by atoms with Gasteiger partial charge in [-0.05, 0) is 36.8 Å². The number of esters is 1. The molecule has 0 fully saturated rings. The zero-order valence-electron chi connectivity index (χ0n) is 15.4. The van der Waals surface area contributed by atoms with Crippen LogP contribution in [0.5, 0.6) is 17.2 Å². The maximum Gasteiger partial charge on any atom is 0.344 e. The molecular formula is C20H23NO6. The van der Waals surface area contributed by atoms with Gasteiger partial charge in [0.2, 0.25) is 0 Å². The monoisotopic (exact) mass is 373 g/mol. The summed E-state index contributed by atoms with van der Waals surface area (Å²) in [5.74, 6) is 0.699. The van der Waals surface area contributed by atoms with Crippen molar-refractivity contribution in [2.24, 2.45) is 0 Å². The van der Waals surface area contributed by atoms with Crippen molar-refractivity contribution in [2.75, 3.05) is 26.9 Å². The van der Waals surface area contributed by atoms with E-state index in [0.29, 0.717) is 24.7 Å². The first-order chi connectivity index (χ1) is 13.1. The fourth-order valence-electron chi connectivity index (χ4n) is 2.16. The molecule has 0 unspecified atom stereocenters. The van der Waals surface area contributed by atoms with Gasteiger partial charge in [-0.25, -0.2) is 4.79 Å². The maximum absolute atomic E-state index is 11.8. The first-order valence-corrected chi connectivity index (χ1v) is 8.52. The van der Waals surface area contributed by atoms with E-state index in [1.54, 1.807) is 37.4 Å². The molecule has 0 aliphatic carbocycles. The third-order valence-electron chi connectivity index (χ3n) is 3.51. The lowest BCUT2D eigenvalue weighted by molar-refractivity contribution is -0.150. The molecule has 1 N–H and O–H groups in total. The average Bonchev–Trinajstić information content (AvgIpc) is 2.70. The first kappa shape index (κ1) is 20.1. The highest BCUT2D eigenvalue weighted by Crippen LogP contribution is 2.26. The van der Waals surface area contributed by atoms with Gasteiger partial charge < -0.3 is 24.3 Å². The second kappa shape index (κ2) is 10.7. The molecule has 2 aromatic rings. The topological polar surface area (TPSA) is 83.1 Å². The molecule has 27 heavy (non-hydrogen) atoms. The molecule has 0 aromatic heterocycles. The molecule has 2 rings (SSSR count). The van der Waals surface area contributed by atoms with Gasteiger partial charge in [-0.1, -0.05) is 24.3 Å². The highest BCUT2D eigenvalue weighted by Gasteiger charge is 2.10. The van der Waals surface area contributed by atoms with E-state index in [0.717, 1.165) is 11.3 Å². The minimum atomic E-state index is -0.638. The molecule has 7 nitrogen and oxygen atoms in total. The Morgan fingerprint density at radius 2 is 1.59 bits per heavy atom. The van der Waals surface area contributed by atoms with Gasteiger partial charge in [0.15, 0.2) is 24.7 Å². The van der Waals surface area contributed by atoms with Gasteiger partial charge in [0, 0.05) is 6.54 Å². The standard InChI is InChI=1S/C20H23NO6/c1-3-25-17-6-4-5-7-18(17)26-14-20(23)27-13-19(22)21-12-15-8-10-16(24-2)11-9-15/h4-11H,3,12-14H2,1-2H3,(H,21,22). The Balaban J connectivity index is 1.69. The maximum atomic E-state index is 11.8. The zero-order chi connectivity index (χ0) is 19.5. The van der Waals surface area contributed by atoms with Gasteiger partial charge >= 0.3 is 5.97 Å². The van der Waals surface area contributed by atoms with E-state index in [1.807, 2.05) is 25.1 Å². The molecule has 0 heterocycles. The van der Waals surface area contributed by atoms with Crippen LogP contribution in [0.3, 0.4) is 0 Å². The summed E-state index contributed by atoms with van der Waals surface area (Å²) in [6.07, 6.45) is 0. The van der Waals surface area contributed by atoms with Crippen LogP contribution >= 0.6 is 0 Å². The molecular weight excluding hydrogens is 350 g/mol. The number of nitrogens with one attached hydrogen (secondary N) is 1. The lowest BCUT2D eigenvalue weighted by Crippen LogP contribution is -2.29. The largest absolute Gasteiger partial charge is 0.497 e. The molecule has 0 atom stereocenters. The van der Waals surface area contributed by atoms with Crippen LogP contribution < -0.4 is 19.5 Å². The zero-order valence-corrected chi connectivity index (χ0v) is 15.4. The van der Waals surface area contributed by atoms with Crippen LogP contribution in [0.2, 0.25) is 0 Å². The van der Waals surface area contributed by atoms with Gasteiger partial charge in [-0.2, -0.15) is 0 Å². The predicted octanol–water partition coefficient (Wildman–Crippen LogP) is 2.33. The summed E-state index contributed by atoms with van der Waals surface area (Å²) in [5, 5.41) is 2.67. The Morgan fingerprint density at radius 1 is 0.926 bits per heavy atom. The van der Waals surface area contributed by atoms with Gasteiger partial charge in [0.25, 0.3) is 5.91 Å². The van der Waals surface area contributed by atoms with Crippen molar-refractivity contribution in [3.05, 3.63) is 54.1 Å². The van der Waals surface area contributed by atoms with Crippen molar-refractivity contribution in [3.63, 3.8) is 0 Å². The Bertz CT molecular complexity index is 744. The van der Waals surface area contributed by atoms with E-state index in [-0.39, 0.29) is 13.2 Å². The molecule has 144 valence electrons. The molecule has 1 amide bonds. The summed E-state index contributed by atoms with van der Waals surface area (Å²) < 4.78 is 20.8. The van der Waals surface area contributed by atoms with E-state index >= 15 is 0 Å². The van der Waals surface area contributed by atoms with Crippen LogP contribution in [0.4, 0.5) is 0 Å². The van der Waals surface area contributed by atoms with Crippen LogP contribution in [0.25, 0.3) is 0 Å². The lowest BCUT2D eigenvalue weighted by atomic mass is 10.2. The van der Waals surface area contributed by atoms with Crippen molar-refractivity contribution < 1.29 is 28.5 Å². The quantitative estimate of drug-likeness (QED) is 0.644. The molecule has 0 spiro atoms. The highest BCUT2D eigenvalue weighted by atomic mass is 16.6. The summed E-state index contributed by atoms with van der Waals surface area (Å²) in [7, 11) is 1.59. The van der Waals surface area contributed by atoms with E-state index in [1.165, 1.54) is 0 Å². The van der Waals surface area contributed by atoms with Crippen molar-refractivity contribution in [3.8, 4) is 17.2 Å². The number of carbonyl (C=O) groups is 2. The van der Waals surface area contributed by atoms with E-state index in [2.05, 4.69) is 5.32 Å². The Labute approximate surface area is 158 Å². The lowest BCUT2D eigenvalue weighted by Gasteiger charge is -2.11. The summed E-state index contributed by atoms with van der Waals surface area (Å²) in [4.78, 5) is 23.5. The van der Waals surface area contributed by atoms with E-state index < -0.39 is 11.9 Å². The summed E-state index contributed by atoms with van der Waals surface area (Å²) in [6, 6.07) is 14.3. The second-order valence-electron chi connectivity index (χ2n) is 5.45. The molecule has 0 bridgehead atoms. The number of rotatable bonds is 10. The minimum absolute atomic E-state index is 0.310. The van der Waals surface area contributed by atoms with Crippen molar-refractivity contribution in [1.29, 1.82) is 0 Å². The number of amides is 1. The Kier molecular flexibility index (Phi) is 7.96. The van der Waals surface area contributed by atoms with Crippen LogP contribution in [-0.4, -0.2) is 38.8 Å². The number of hydrogen-bond acceptors (Lipinski definition) is 6. The third kappa shape index (κ3) is 6.89. The molecule has 0 aliphatic rings. The SMILES string of the molecule is CCOc1ccccc1OCC(=O)OCC(=O)NCc1ccc(OC)cc1. The molecule has 2 aromatic carbocycles. The van der Waals surface area contributed by atoms with E-state index in [9.17, 15) is 9.59 Å². The van der Waals surface area contributed by atoms with Crippen LogP contribution in [0.15, 0.2) is 48.5 Å². The van der Waals surface area contributed by atoms with Gasteiger partial charge in [-0.3, -0.25) is 4.79 Å². The molecule has 0 saturated carbocycles. The van der Waals surface area contributed by atoms with Crippen LogP contribution in [-0.2, 0) is 20.9 Å². The number of carbonyl (C=O) groups excluding carboxylic acids is 2. The van der Waals surface area contributed by atoms with Gasteiger partial charge in [-0.15, -0.1) is 0 Å². The van der Waals surface area contributed by atoms with E-state index in [4.69, 9.17) is 18.9 Å². The van der Waals surface area contributed by atoms with Crippen LogP contribution in [0.1, 0.15) is 12.5 Å². The van der Waals surface area contributed by atoms with Gasteiger partial charge in [0.05, 0.1) is 13.7 Å².